The van der Waals surface area contributed by atoms with Gasteiger partial charge in [-0.15, -0.1) is 0 Å². The minimum absolute atomic E-state index is 0.136. The number of benzene rings is 1. The molecule has 1 heterocycles. The van der Waals surface area contributed by atoms with Crippen LogP contribution in [0.15, 0.2) is 24.3 Å². The minimum atomic E-state index is -0.580. The van der Waals surface area contributed by atoms with Crippen molar-refractivity contribution >= 4 is 23.5 Å². The lowest BCUT2D eigenvalue weighted by atomic mass is 10.00. The van der Waals surface area contributed by atoms with E-state index in [0.29, 0.717) is 10.8 Å². The zero-order valence-electron chi connectivity index (χ0n) is 13.3. The third-order valence-corrected chi connectivity index (χ3v) is 4.27. The molecule has 0 spiro atoms. The number of ether oxygens (including phenoxy) is 2. The largest absolute Gasteiger partial charge is 0.480 e. The van der Waals surface area contributed by atoms with Gasteiger partial charge in [0.1, 0.15) is 5.75 Å². The van der Waals surface area contributed by atoms with E-state index in [9.17, 15) is 9.59 Å². The van der Waals surface area contributed by atoms with E-state index in [2.05, 4.69) is 6.92 Å². The molecular weight excluding hydrogens is 318 g/mol. The van der Waals surface area contributed by atoms with Crippen LogP contribution in [0.1, 0.15) is 32.6 Å². The van der Waals surface area contributed by atoms with Gasteiger partial charge >= 0.3 is 5.97 Å². The molecule has 6 heteroatoms. The number of carbonyl (C=O) groups is 2. The maximum absolute atomic E-state index is 12.2. The van der Waals surface area contributed by atoms with E-state index in [0.717, 1.165) is 32.2 Å². The van der Waals surface area contributed by atoms with E-state index in [1.807, 2.05) is 4.90 Å². The van der Waals surface area contributed by atoms with Crippen molar-refractivity contribution in [2.24, 2.45) is 0 Å². The van der Waals surface area contributed by atoms with Gasteiger partial charge in [0.25, 0.3) is 5.91 Å². The van der Waals surface area contributed by atoms with Crippen molar-refractivity contribution in [3.05, 3.63) is 29.3 Å². The number of amides is 1. The molecule has 0 bridgehead atoms. The first-order chi connectivity index (χ1) is 11.1. The molecule has 0 saturated carbocycles. The van der Waals surface area contributed by atoms with E-state index < -0.39 is 5.97 Å². The Morgan fingerprint density at radius 3 is 2.78 bits per heavy atom. The average Bonchev–Trinajstić information content (AvgIpc) is 2.58. The highest BCUT2D eigenvalue weighted by molar-refractivity contribution is 6.32. The van der Waals surface area contributed by atoms with E-state index >= 15 is 0 Å². The summed E-state index contributed by atoms with van der Waals surface area (Å²) >= 11 is 5.93. The third-order valence-electron chi connectivity index (χ3n) is 3.96. The topological polar surface area (TPSA) is 55.8 Å². The lowest BCUT2D eigenvalue weighted by molar-refractivity contribution is -0.155. The maximum atomic E-state index is 12.2. The number of nitrogens with zero attached hydrogens (tertiary/aromatic N) is 1. The second kappa shape index (κ2) is 8.77. The predicted octanol–water partition coefficient (Wildman–Crippen LogP) is 3.05. The van der Waals surface area contributed by atoms with Gasteiger partial charge in [0.2, 0.25) is 0 Å². The summed E-state index contributed by atoms with van der Waals surface area (Å²) in [6, 6.07) is 7.13. The Morgan fingerprint density at radius 2 is 2.04 bits per heavy atom. The van der Waals surface area contributed by atoms with Crippen LogP contribution in [0.25, 0.3) is 0 Å². The summed E-state index contributed by atoms with van der Waals surface area (Å²) < 4.78 is 10.3. The summed E-state index contributed by atoms with van der Waals surface area (Å²) in [5, 5.41) is 0.426. The fraction of sp³-hybridized carbons (Fsp3) is 0.529. The number of likely N-dealkylation sites (tertiary alicyclic amines) is 1. The molecule has 1 fully saturated rings. The SMILES string of the molecule is CCC1CCCCN1C(=O)COC(=O)COc1ccccc1Cl. The molecule has 1 saturated heterocycles. The van der Waals surface area contributed by atoms with Crippen molar-refractivity contribution in [3.63, 3.8) is 0 Å². The smallest absolute Gasteiger partial charge is 0.344 e. The van der Waals surface area contributed by atoms with Gasteiger partial charge in [-0.1, -0.05) is 30.7 Å². The van der Waals surface area contributed by atoms with Gasteiger partial charge in [-0.05, 0) is 37.8 Å². The number of esters is 1. The summed E-state index contributed by atoms with van der Waals surface area (Å²) in [6.45, 7) is 2.31. The molecule has 1 aromatic rings. The van der Waals surface area contributed by atoms with Gasteiger partial charge in [-0.25, -0.2) is 4.79 Å². The van der Waals surface area contributed by atoms with Crippen LogP contribution in [-0.4, -0.2) is 42.6 Å². The van der Waals surface area contributed by atoms with Crippen LogP contribution < -0.4 is 4.74 Å². The molecule has 2 rings (SSSR count). The van der Waals surface area contributed by atoms with E-state index in [4.69, 9.17) is 21.1 Å². The van der Waals surface area contributed by atoms with Crippen LogP contribution in [0, 0.1) is 0 Å². The highest BCUT2D eigenvalue weighted by atomic mass is 35.5. The third kappa shape index (κ3) is 5.13. The fourth-order valence-corrected chi connectivity index (χ4v) is 2.91. The first-order valence-electron chi connectivity index (χ1n) is 7.94. The summed E-state index contributed by atoms with van der Waals surface area (Å²) in [4.78, 5) is 25.7. The van der Waals surface area contributed by atoms with E-state index in [1.165, 1.54) is 0 Å². The molecule has 0 N–H and O–H groups in total. The lowest BCUT2D eigenvalue weighted by Crippen LogP contribution is -2.45. The minimum Gasteiger partial charge on any atom is -0.480 e. The first kappa shape index (κ1) is 17.6. The molecule has 1 atom stereocenters. The molecule has 1 aromatic carbocycles. The van der Waals surface area contributed by atoms with Crippen LogP contribution in [0.5, 0.6) is 5.75 Å². The summed E-state index contributed by atoms with van der Waals surface area (Å²) in [5.41, 5.74) is 0. The number of piperidine rings is 1. The van der Waals surface area contributed by atoms with Gasteiger partial charge in [0.15, 0.2) is 13.2 Å². The molecular formula is C17H22ClNO4. The van der Waals surface area contributed by atoms with Crippen molar-refractivity contribution in [1.82, 2.24) is 4.90 Å². The van der Waals surface area contributed by atoms with Crippen molar-refractivity contribution in [2.45, 2.75) is 38.6 Å². The standard InChI is InChI=1S/C17H22ClNO4/c1-2-13-7-5-6-10-19(13)16(20)11-23-17(21)12-22-15-9-4-3-8-14(15)18/h3-4,8-9,13H,2,5-7,10-12H2,1H3. The number of para-hydroxylation sites is 1. The predicted molar refractivity (Wildman–Crippen MR) is 87.5 cm³/mol. The number of rotatable bonds is 6. The van der Waals surface area contributed by atoms with Crippen LogP contribution in [0.4, 0.5) is 0 Å². The summed E-state index contributed by atoms with van der Waals surface area (Å²) in [6.07, 6.45) is 4.10. The molecule has 1 unspecified atom stereocenters. The van der Waals surface area contributed by atoms with Gasteiger partial charge < -0.3 is 14.4 Å². The second-order valence-corrected chi connectivity index (χ2v) is 5.93. The molecule has 1 aliphatic heterocycles. The summed E-state index contributed by atoms with van der Waals surface area (Å²) in [5.74, 6) is -0.300. The molecule has 0 aromatic heterocycles. The van der Waals surface area contributed by atoms with Crippen molar-refractivity contribution in [1.29, 1.82) is 0 Å². The van der Waals surface area contributed by atoms with Crippen LogP contribution in [0.2, 0.25) is 5.02 Å². The highest BCUT2D eigenvalue weighted by Gasteiger charge is 2.25. The van der Waals surface area contributed by atoms with Crippen molar-refractivity contribution in [3.8, 4) is 5.75 Å². The molecule has 0 aliphatic carbocycles. The Labute approximate surface area is 141 Å². The normalized spacial score (nSPS) is 17.7. The molecule has 1 amide bonds. The van der Waals surface area contributed by atoms with E-state index in [-0.39, 0.29) is 25.2 Å². The Morgan fingerprint density at radius 1 is 1.26 bits per heavy atom. The highest BCUT2D eigenvalue weighted by Crippen LogP contribution is 2.23. The Balaban J connectivity index is 1.75. The summed E-state index contributed by atoms with van der Waals surface area (Å²) in [7, 11) is 0. The van der Waals surface area contributed by atoms with E-state index in [1.54, 1.807) is 24.3 Å². The number of halogens is 1. The Kier molecular flexibility index (Phi) is 6.71. The molecule has 23 heavy (non-hydrogen) atoms. The number of hydrogen-bond donors (Lipinski definition) is 0. The first-order valence-corrected chi connectivity index (χ1v) is 8.32. The van der Waals surface area contributed by atoms with Gasteiger partial charge in [0, 0.05) is 12.6 Å². The number of hydrogen-bond acceptors (Lipinski definition) is 4. The van der Waals surface area contributed by atoms with Gasteiger partial charge in [0.05, 0.1) is 5.02 Å². The molecule has 0 radical (unpaired) electrons. The monoisotopic (exact) mass is 339 g/mol. The fourth-order valence-electron chi connectivity index (χ4n) is 2.72. The second-order valence-electron chi connectivity index (χ2n) is 5.52. The lowest BCUT2D eigenvalue weighted by Gasteiger charge is -2.35. The Hall–Kier alpha value is -1.75. The van der Waals surface area contributed by atoms with Crippen molar-refractivity contribution in [2.75, 3.05) is 19.8 Å². The number of carbonyl (C=O) groups excluding carboxylic acids is 2. The van der Waals surface area contributed by atoms with Crippen molar-refractivity contribution < 1.29 is 19.1 Å². The quantitative estimate of drug-likeness (QED) is 0.747. The van der Waals surface area contributed by atoms with Crippen LogP contribution >= 0.6 is 11.6 Å². The zero-order chi connectivity index (χ0) is 16.7. The maximum Gasteiger partial charge on any atom is 0.344 e. The molecule has 5 nitrogen and oxygen atoms in total. The average molecular weight is 340 g/mol. The van der Waals surface area contributed by atoms with Crippen LogP contribution in [-0.2, 0) is 14.3 Å². The van der Waals surface area contributed by atoms with Gasteiger partial charge in [-0.3, -0.25) is 4.79 Å². The Bertz CT molecular complexity index is 549. The zero-order valence-corrected chi connectivity index (χ0v) is 14.1. The van der Waals surface area contributed by atoms with Gasteiger partial charge in [-0.2, -0.15) is 0 Å². The molecule has 126 valence electrons. The molecule has 1 aliphatic rings. The van der Waals surface area contributed by atoms with Crippen LogP contribution in [0.3, 0.4) is 0 Å².